The monoisotopic (exact) mass is 941 g/mol. The van der Waals surface area contributed by atoms with E-state index >= 15 is 4.57 Å². The first-order valence-corrected chi connectivity index (χ1v) is 23.9. The van der Waals surface area contributed by atoms with Crippen molar-refractivity contribution < 1.29 is 46.6 Å². The number of nitrogens with one attached hydrogen (secondary N) is 6. The van der Waals surface area contributed by atoms with Crippen LogP contribution in [0, 0.1) is 17.8 Å². The maximum atomic E-state index is 16.1. The molecule has 0 fully saturated rings. The molecule has 0 spiro atoms. The molecule has 6 N–H and O–H groups in total. The van der Waals surface area contributed by atoms with Crippen molar-refractivity contribution in [2.45, 2.75) is 79.3 Å². The smallest absolute Gasteiger partial charge is 0.274 e. The van der Waals surface area contributed by atoms with E-state index in [0.29, 0.717) is 0 Å². The fourth-order valence-corrected chi connectivity index (χ4v) is 11.1. The summed E-state index contributed by atoms with van der Waals surface area (Å²) in [5.74, 6) is -5.84. The van der Waals surface area contributed by atoms with Gasteiger partial charge in [-0.1, -0.05) is 77.9 Å². The summed E-state index contributed by atoms with van der Waals surface area (Å²) in [6.07, 6.45) is 0. The lowest BCUT2D eigenvalue weighted by Crippen LogP contribution is -2.35. The number of rotatable bonds is 3. The first-order chi connectivity index (χ1) is 32.5. The van der Waals surface area contributed by atoms with Crippen molar-refractivity contribution in [1.82, 2.24) is 46.9 Å². The maximum Gasteiger partial charge on any atom is 0.274 e. The van der Waals surface area contributed by atoms with Crippen LogP contribution >= 0.6 is 7.14 Å². The highest BCUT2D eigenvalue weighted by Gasteiger charge is 2.38. The van der Waals surface area contributed by atoms with E-state index in [0.717, 1.165) is 0 Å². The summed E-state index contributed by atoms with van der Waals surface area (Å²) >= 11 is 0. The minimum Gasteiger partial charge on any atom is -0.441 e. The summed E-state index contributed by atoms with van der Waals surface area (Å²) < 4.78 is 35.1. The number of oxazole rings is 3. The standard InChI is InChI=1S/C48H48N9O10P/c1-22(2)34-46-55-38-31(65-46)19-49-40(58)25-10-7-13-28(16-25)68(64)29-14-8-11-26(17-29)41(59)50-20-32-37(43(61)52-34)56-47(66-32)35(23(3)4)54-45(63)39-33(21-51-42(60)27-12-9-15-30(68)18-27)67-48(57-39)36(24(5)6)53-44(38)62/h7-18,22-24,34-36H,19-21H2,1-6H3,(H,49,58)(H,50,59)(H,51,60)(H,52,61)(H,53,62)(H,54,63)/t34-,35-,36-,68?/m0/s1. The molecule has 0 saturated carbocycles. The molecule has 3 aromatic carbocycles. The van der Waals surface area contributed by atoms with Crippen molar-refractivity contribution in [3.8, 4) is 0 Å². The third-order valence-corrected chi connectivity index (χ3v) is 15.1. The molecule has 3 aromatic heterocycles. The number of amides is 6. The van der Waals surface area contributed by atoms with Crippen LogP contribution in [0.4, 0.5) is 0 Å². The Bertz CT molecular complexity index is 2770. The van der Waals surface area contributed by atoms with Crippen LogP contribution in [0.2, 0.25) is 0 Å². The lowest BCUT2D eigenvalue weighted by atomic mass is 10.0. The highest BCUT2D eigenvalue weighted by molar-refractivity contribution is 7.85. The van der Waals surface area contributed by atoms with Gasteiger partial charge in [-0.2, -0.15) is 0 Å². The van der Waals surface area contributed by atoms with Crippen LogP contribution in [0.15, 0.2) is 86.0 Å². The second kappa shape index (κ2) is 17.9. The molecule has 20 heteroatoms. The van der Waals surface area contributed by atoms with E-state index < -0.39 is 78.5 Å². The normalized spacial score (nSPS) is 21.0. The third-order valence-electron chi connectivity index (χ3n) is 12.1. The number of hydrogen-bond donors (Lipinski definition) is 6. The number of aromatic nitrogens is 3. The van der Waals surface area contributed by atoms with E-state index in [1.807, 2.05) is 0 Å². The van der Waals surface area contributed by atoms with Gasteiger partial charge in [-0.05, 0) is 54.2 Å². The molecule has 0 radical (unpaired) electrons. The van der Waals surface area contributed by atoms with E-state index in [-0.39, 0.29) is 104 Å². The van der Waals surface area contributed by atoms with E-state index in [2.05, 4.69) is 46.9 Å². The Morgan fingerprint density at radius 1 is 0.456 bits per heavy atom. The molecule has 68 heavy (non-hydrogen) atoms. The molecule has 6 aromatic rings. The molecule has 16 bridgehead atoms. The van der Waals surface area contributed by atoms with Gasteiger partial charge in [0.05, 0.1) is 19.6 Å². The largest absolute Gasteiger partial charge is 0.441 e. The second-order valence-corrected chi connectivity index (χ2v) is 20.6. The van der Waals surface area contributed by atoms with Crippen LogP contribution in [0.3, 0.4) is 0 Å². The van der Waals surface area contributed by atoms with Crippen molar-refractivity contribution in [1.29, 1.82) is 0 Å². The summed E-state index contributed by atoms with van der Waals surface area (Å²) in [6.45, 7) is 9.69. The number of nitrogens with zero attached hydrogens (tertiary/aromatic N) is 3. The van der Waals surface area contributed by atoms with E-state index in [9.17, 15) is 28.8 Å². The van der Waals surface area contributed by atoms with Gasteiger partial charge in [0, 0.05) is 32.6 Å². The summed E-state index contributed by atoms with van der Waals surface area (Å²) in [5.41, 5.74) is -0.421. The van der Waals surface area contributed by atoms with Crippen molar-refractivity contribution in [3.63, 3.8) is 0 Å². The van der Waals surface area contributed by atoms with E-state index in [1.165, 1.54) is 36.4 Å². The number of hydrogen-bond acceptors (Lipinski definition) is 13. The number of carbonyl (C=O) groups is 6. The van der Waals surface area contributed by atoms with Gasteiger partial charge in [-0.25, -0.2) is 15.0 Å². The summed E-state index contributed by atoms with van der Waals surface area (Å²) in [7, 11) is -4.07. The van der Waals surface area contributed by atoms with Gasteiger partial charge in [0.2, 0.25) is 17.7 Å². The minimum atomic E-state index is -4.07. The first-order valence-electron chi connectivity index (χ1n) is 22.2. The van der Waals surface area contributed by atoms with Crippen molar-refractivity contribution in [3.05, 3.63) is 142 Å². The molecule has 0 unspecified atom stereocenters. The Kier molecular flexibility index (Phi) is 11.9. The van der Waals surface area contributed by atoms with Crippen LogP contribution in [0.5, 0.6) is 0 Å². The Balaban J connectivity index is 1.35. The predicted molar refractivity (Wildman–Crippen MR) is 244 cm³/mol. The zero-order chi connectivity index (χ0) is 48.2. The molecule has 4 aliphatic rings. The molecule has 0 saturated heterocycles. The van der Waals surface area contributed by atoms with Crippen LogP contribution in [-0.2, 0) is 24.2 Å². The molecular formula is C48H48N9O10P. The maximum absolute atomic E-state index is 16.1. The van der Waals surface area contributed by atoms with Crippen LogP contribution < -0.4 is 47.8 Å². The molecule has 4 aliphatic heterocycles. The van der Waals surface area contributed by atoms with Crippen LogP contribution in [0.25, 0.3) is 0 Å². The first kappa shape index (κ1) is 45.5. The molecule has 10 rings (SSSR count). The van der Waals surface area contributed by atoms with Crippen molar-refractivity contribution >= 4 is 58.5 Å². The molecule has 0 aliphatic carbocycles. The Morgan fingerprint density at radius 2 is 0.735 bits per heavy atom. The SMILES string of the molecule is CC(C)[C@@H]1NC(=O)c2nc3oc2CNC(=O)c2cccc(c2)P2(=O)c4cccc(c4)C(=O)NCc4oc1nc4C(=O)N[C@@H](C(C)C)c1nc(c(o1)CNC(=O)c1cccc2c1)C(=O)N[C@H]3C(C)C. The molecule has 6 amide bonds. The zero-order valence-corrected chi connectivity index (χ0v) is 38.8. The van der Waals surface area contributed by atoms with Gasteiger partial charge >= 0.3 is 0 Å². The quantitative estimate of drug-likeness (QED) is 0.135. The lowest BCUT2D eigenvalue weighted by Gasteiger charge is -2.22. The fourth-order valence-electron chi connectivity index (χ4n) is 8.33. The minimum absolute atomic E-state index is 0.0683. The fraction of sp³-hybridized carbons (Fsp3) is 0.312. The number of fused-ring (bicyclic) bond motifs is 12. The molecule has 7 heterocycles. The predicted octanol–water partition coefficient (Wildman–Crippen LogP) is 4.40. The zero-order valence-electron chi connectivity index (χ0n) is 37.9. The van der Waals surface area contributed by atoms with Gasteiger partial charge in [0.1, 0.15) is 18.1 Å². The number of carbonyl (C=O) groups excluding carboxylic acids is 6. The van der Waals surface area contributed by atoms with Crippen LogP contribution in [0.1, 0.15) is 157 Å². The van der Waals surface area contributed by atoms with Gasteiger partial charge in [0.15, 0.2) is 41.5 Å². The molecule has 3 atom stereocenters. The molecule has 19 nitrogen and oxygen atoms in total. The van der Waals surface area contributed by atoms with E-state index in [4.69, 9.17) is 13.3 Å². The third kappa shape index (κ3) is 8.37. The van der Waals surface area contributed by atoms with Gasteiger partial charge in [0.25, 0.3) is 35.4 Å². The Hall–Kier alpha value is -7.66. The van der Waals surface area contributed by atoms with Gasteiger partial charge in [-0.3, -0.25) is 28.8 Å². The second-order valence-electron chi connectivity index (χ2n) is 17.9. The topological polar surface area (TPSA) is 270 Å². The molecule has 350 valence electrons. The highest BCUT2D eigenvalue weighted by atomic mass is 31.2. The summed E-state index contributed by atoms with van der Waals surface area (Å²) in [4.78, 5) is 100. The van der Waals surface area contributed by atoms with Gasteiger partial charge in [-0.15, -0.1) is 0 Å². The van der Waals surface area contributed by atoms with Gasteiger partial charge < -0.3 is 49.7 Å². The van der Waals surface area contributed by atoms with Crippen molar-refractivity contribution in [2.24, 2.45) is 17.8 Å². The summed E-state index contributed by atoms with van der Waals surface area (Å²) in [6, 6.07) is 15.5. The van der Waals surface area contributed by atoms with E-state index in [1.54, 1.807) is 77.9 Å². The molecular weight excluding hydrogens is 894 g/mol. The Labute approximate surface area is 389 Å². The average molecular weight is 942 g/mol. The highest BCUT2D eigenvalue weighted by Crippen LogP contribution is 2.43. The lowest BCUT2D eigenvalue weighted by molar-refractivity contribution is 0.0899. The van der Waals surface area contributed by atoms with Crippen molar-refractivity contribution in [2.75, 3.05) is 0 Å². The summed E-state index contributed by atoms with van der Waals surface area (Å²) in [5, 5.41) is 17.8. The Morgan fingerprint density at radius 3 is 1.00 bits per heavy atom. The average Bonchev–Trinajstić information content (AvgIpc) is 4.08. The van der Waals surface area contributed by atoms with Crippen LogP contribution in [-0.4, -0.2) is 50.4 Å². The number of benzene rings is 3.